The molecule has 17 heavy (non-hydrogen) atoms. The van der Waals surface area contributed by atoms with Gasteiger partial charge in [0, 0.05) is 19.1 Å². The van der Waals surface area contributed by atoms with E-state index in [9.17, 15) is 0 Å². The first-order valence-corrected chi connectivity index (χ1v) is 7.14. The van der Waals surface area contributed by atoms with Crippen molar-refractivity contribution in [1.29, 1.82) is 0 Å². The van der Waals surface area contributed by atoms with E-state index in [2.05, 4.69) is 31.2 Å². The summed E-state index contributed by atoms with van der Waals surface area (Å²) in [4.78, 5) is 0. The van der Waals surface area contributed by atoms with Crippen molar-refractivity contribution in [3.05, 3.63) is 0 Å². The highest BCUT2D eigenvalue weighted by Gasteiger charge is 2.30. The maximum atomic E-state index is 5.37. The second-order valence-corrected chi connectivity index (χ2v) is 6.64. The third-order valence-corrected chi connectivity index (χ3v) is 4.33. The van der Waals surface area contributed by atoms with Crippen molar-refractivity contribution in [2.75, 3.05) is 26.3 Å². The molecular formula is C14H28N2O. The number of morpholine rings is 1. The molecule has 2 fully saturated rings. The summed E-state index contributed by atoms with van der Waals surface area (Å²) in [5, 5.41) is 2.35. The number of hydrazine groups is 1. The van der Waals surface area contributed by atoms with E-state index in [-0.39, 0.29) is 0 Å². The van der Waals surface area contributed by atoms with Crippen molar-refractivity contribution in [2.24, 2.45) is 11.3 Å². The topological polar surface area (TPSA) is 24.5 Å². The van der Waals surface area contributed by atoms with Crippen LogP contribution in [0.15, 0.2) is 0 Å². The first-order valence-electron chi connectivity index (χ1n) is 7.14. The molecule has 0 aromatic carbocycles. The standard InChI is InChI=1S/C14H28N2O/c1-14(2,3)12-4-6-13(7-5-12)15-16-8-10-17-11-9-16/h12-13,15H,4-11H2,1-3H3. The molecule has 2 aliphatic rings. The smallest absolute Gasteiger partial charge is 0.0608 e. The molecule has 0 radical (unpaired) electrons. The zero-order valence-electron chi connectivity index (χ0n) is 11.7. The molecule has 0 amide bonds. The van der Waals surface area contributed by atoms with Gasteiger partial charge in [-0.15, -0.1) is 0 Å². The molecule has 2 rings (SSSR count). The van der Waals surface area contributed by atoms with Gasteiger partial charge in [-0.2, -0.15) is 0 Å². The Hall–Kier alpha value is -0.120. The minimum atomic E-state index is 0.490. The van der Waals surface area contributed by atoms with Gasteiger partial charge in [-0.3, -0.25) is 5.43 Å². The van der Waals surface area contributed by atoms with E-state index in [4.69, 9.17) is 4.74 Å². The molecule has 3 heteroatoms. The summed E-state index contributed by atoms with van der Waals surface area (Å²) in [5.74, 6) is 0.908. The summed E-state index contributed by atoms with van der Waals surface area (Å²) < 4.78 is 5.37. The molecule has 3 nitrogen and oxygen atoms in total. The molecule has 1 N–H and O–H groups in total. The summed E-state index contributed by atoms with van der Waals surface area (Å²) in [7, 11) is 0. The van der Waals surface area contributed by atoms with Crippen molar-refractivity contribution in [3.8, 4) is 0 Å². The lowest BCUT2D eigenvalue weighted by Gasteiger charge is -2.39. The van der Waals surface area contributed by atoms with Crippen LogP contribution in [0.3, 0.4) is 0 Å². The summed E-state index contributed by atoms with van der Waals surface area (Å²) in [5.41, 5.74) is 4.17. The van der Waals surface area contributed by atoms with E-state index in [0.717, 1.165) is 32.2 Å². The monoisotopic (exact) mass is 240 g/mol. The van der Waals surface area contributed by atoms with E-state index in [0.29, 0.717) is 11.5 Å². The molecule has 1 aliphatic carbocycles. The van der Waals surface area contributed by atoms with Crippen LogP contribution in [0.2, 0.25) is 0 Å². The SMILES string of the molecule is CC(C)(C)C1CCC(NN2CCOCC2)CC1. The Morgan fingerprint density at radius 2 is 1.59 bits per heavy atom. The highest BCUT2D eigenvalue weighted by Crippen LogP contribution is 2.37. The zero-order chi connectivity index (χ0) is 12.3. The predicted molar refractivity (Wildman–Crippen MR) is 70.7 cm³/mol. The number of ether oxygens (including phenoxy) is 1. The van der Waals surface area contributed by atoms with Crippen LogP contribution >= 0.6 is 0 Å². The van der Waals surface area contributed by atoms with Gasteiger partial charge in [-0.05, 0) is 37.0 Å². The Morgan fingerprint density at radius 3 is 2.12 bits per heavy atom. The van der Waals surface area contributed by atoms with Gasteiger partial charge in [-0.1, -0.05) is 20.8 Å². The van der Waals surface area contributed by atoms with Crippen molar-refractivity contribution in [2.45, 2.75) is 52.5 Å². The maximum Gasteiger partial charge on any atom is 0.0608 e. The Balaban J connectivity index is 1.71. The summed E-state index contributed by atoms with van der Waals surface area (Å²) >= 11 is 0. The average molecular weight is 240 g/mol. The number of nitrogens with zero attached hydrogens (tertiary/aromatic N) is 1. The Bertz CT molecular complexity index is 223. The highest BCUT2D eigenvalue weighted by molar-refractivity contribution is 4.83. The molecule has 0 aromatic heterocycles. The quantitative estimate of drug-likeness (QED) is 0.802. The maximum absolute atomic E-state index is 5.37. The second-order valence-electron chi connectivity index (χ2n) is 6.64. The normalized spacial score (nSPS) is 32.6. The zero-order valence-corrected chi connectivity index (χ0v) is 11.7. The lowest BCUT2D eigenvalue weighted by molar-refractivity contribution is -0.00339. The van der Waals surface area contributed by atoms with Gasteiger partial charge in [0.25, 0.3) is 0 Å². The van der Waals surface area contributed by atoms with Crippen LogP contribution in [0.4, 0.5) is 0 Å². The van der Waals surface area contributed by atoms with Gasteiger partial charge in [0.1, 0.15) is 0 Å². The van der Waals surface area contributed by atoms with Gasteiger partial charge in [0.05, 0.1) is 13.2 Å². The van der Waals surface area contributed by atoms with Crippen LogP contribution in [-0.2, 0) is 4.74 Å². The van der Waals surface area contributed by atoms with E-state index in [1.165, 1.54) is 25.7 Å². The molecule has 0 spiro atoms. The molecule has 1 aliphatic heterocycles. The predicted octanol–water partition coefficient (Wildman–Crippen LogP) is 2.43. The molecule has 0 bridgehead atoms. The van der Waals surface area contributed by atoms with Gasteiger partial charge < -0.3 is 4.74 Å². The first kappa shape index (κ1) is 13.3. The summed E-state index contributed by atoms with van der Waals surface area (Å²) in [6.45, 7) is 11.0. The molecule has 0 aromatic rings. The molecule has 100 valence electrons. The molecule has 0 unspecified atom stereocenters. The fraction of sp³-hybridized carbons (Fsp3) is 1.00. The minimum absolute atomic E-state index is 0.490. The largest absolute Gasteiger partial charge is 0.379 e. The van der Waals surface area contributed by atoms with Crippen molar-refractivity contribution >= 4 is 0 Å². The minimum Gasteiger partial charge on any atom is -0.379 e. The van der Waals surface area contributed by atoms with Crippen LogP contribution in [0, 0.1) is 11.3 Å². The van der Waals surface area contributed by atoms with Gasteiger partial charge >= 0.3 is 0 Å². The van der Waals surface area contributed by atoms with Crippen LogP contribution in [-0.4, -0.2) is 37.4 Å². The number of hydrogen-bond acceptors (Lipinski definition) is 3. The number of nitrogens with one attached hydrogen (secondary N) is 1. The Labute approximate surface area is 106 Å². The van der Waals surface area contributed by atoms with Crippen LogP contribution in [0.25, 0.3) is 0 Å². The van der Waals surface area contributed by atoms with Gasteiger partial charge in [-0.25, -0.2) is 5.01 Å². The van der Waals surface area contributed by atoms with Gasteiger partial charge in [0.15, 0.2) is 0 Å². The van der Waals surface area contributed by atoms with Crippen LogP contribution < -0.4 is 5.43 Å². The lowest BCUT2D eigenvalue weighted by Crippen LogP contribution is -2.51. The Kier molecular flexibility index (Phi) is 4.45. The van der Waals surface area contributed by atoms with Crippen molar-refractivity contribution < 1.29 is 4.74 Å². The molecule has 1 saturated heterocycles. The first-order chi connectivity index (χ1) is 8.05. The fourth-order valence-corrected chi connectivity index (χ4v) is 3.04. The van der Waals surface area contributed by atoms with Gasteiger partial charge in [0.2, 0.25) is 0 Å². The van der Waals surface area contributed by atoms with Crippen LogP contribution in [0.5, 0.6) is 0 Å². The van der Waals surface area contributed by atoms with E-state index in [1.807, 2.05) is 0 Å². The van der Waals surface area contributed by atoms with E-state index < -0.39 is 0 Å². The number of rotatable bonds is 2. The molecule has 1 heterocycles. The molecule has 1 saturated carbocycles. The summed E-state index contributed by atoms with van der Waals surface area (Å²) in [6.07, 6.45) is 5.43. The fourth-order valence-electron chi connectivity index (χ4n) is 3.04. The second kappa shape index (κ2) is 5.68. The van der Waals surface area contributed by atoms with Crippen molar-refractivity contribution in [3.63, 3.8) is 0 Å². The molecule has 0 atom stereocenters. The molecular weight excluding hydrogens is 212 g/mol. The number of hydrogen-bond donors (Lipinski definition) is 1. The Morgan fingerprint density at radius 1 is 1.00 bits per heavy atom. The van der Waals surface area contributed by atoms with E-state index in [1.54, 1.807) is 0 Å². The lowest BCUT2D eigenvalue weighted by atomic mass is 9.71. The summed E-state index contributed by atoms with van der Waals surface area (Å²) in [6, 6.07) is 0.701. The van der Waals surface area contributed by atoms with E-state index >= 15 is 0 Å². The third kappa shape index (κ3) is 3.94. The van der Waals surface area contributed by atoms with Crippen LogP contribution in [0.1, 0.15) is 46.5 Å². The highest BCUT2D eigenvalue weighted by atomic mass is 16.5. The average Bonchev–Trinajstić information content (AvgIpc) is 2.30. The van der Waals surface area contributed by atoms with Crippen molar-refractivity contribution in [1.82, 2.24) is 10.4 Å². The third-order valence-electron chi connectivity index (χ3n) is 4.33.